The fraction of sp³-hybridized carbons (Fsp3) is 0.421. The highest BCUT2D eigenvalue weighted by molar-refractivity contribution is 5.82. The summed E-state index contributed by atoms with van der Waals surface area (Å²) in [5.74, 6) is 1.93. The van der Waals surface area contributed by atoms with Crippen molar-refractivity contribution in [3.05, 3.63) is 35.3 Å². The lowest BCUT2D eigenvalue weighted by Gasteiger charge is -2.14. The van der Waals surface area contributed by atoms with E-state index in [9.17, 15) is 0 Å². The average Bonchev–Trinajstić information content (AvgIpc) is 2.88. The van der Waals surface area contributed by atoms with Gasteiger partial charge in [-0.05, 0) is 38.8 Å². The second-order valence-electron chi connectivity index (χ2n) is 6.66. The minimum atomic E-state index is 0.874. The van der Waals surface area contributed by atoms with E-state index in [0.717, 1.165) is 52.8 Å². The monoisotopic (exact) mass is 338 g/mol. The molecule has 0 aliphatic rings. The topological polar surface area (TPSA) is 58.4 Å². The zero-order chi connectivity index (χ0) is 18.1. The first kappa shape index (κ1) is 17.2. The molecule has 0 saturated heterocycles. The molecule has 132 valence electrons. The molecule has 0 unspecified atom stereocenters. The van der Waals surface area contributed by atoms with E-state index >= 15 is 0 Å². The number of fused-ring (bicyclic) bond motifs is 1. The summed E-state index contributed by atoms with van der Waals surface area (Å²) in [6.07, 6.45) is 2.99. The van der Waals surface area contributed by atoms with Gasteiger partial charge in [-0.2, -0.15) is 9.61 Å². The van der Waals surface area contributed by atoms with Crippen molar-refractivity contribution in [2.45, 2.75) is 34.1 Å². The van der Waals surface area contributed by atoms with Gasteiger partial charge in [0.25, 0.3) is 0 Å². The molecule has 0 radical (unpaired) electrons. The third-order valence-electron chi connectivity index (χ3n) is 4.27. The van der Waals surface area contributed by atoms with Gasteiger partial charge in [-0.3, -0.25) is 0 Å². The fourth-order valence-corrected chi connectivity index (χ4v) is 2.99. The van der Waals surface area contributed by atoms with Gasteiger partial charge in [0.05, 0.1) is 11.3 Å². The lowest BCUT2D eigenvalue weighted by molar-refractivity contribution is 0.885. The second kappa shape index (κ2) is 6.70. The Morgan fingerprint density at radius 3 is 2.56 bits per heavy atom. The second-order valence-corrected chi connectivity index (χ2v) is 6.66. The maximum Gasteiger partial charge on any atom is 0.165 e. The SMILES string of the molecule is CCCNc1cc(C)nc2c(-c3cnc(N(C)C)cc3C)c(C)nn12. The summed E-state index contributed by atoms with van der Waals surface area (Å²) in [6.45, 7) is 9.22. The molecule has 0 atom stereocenters. The highest BCUT2D eigenvalue weighted by Crippen LogP contribution is 2.32. The van der Waals surface area contributed by atoms with Crippen LogP contribution in [0.15, 0.2) is 18.3 Å². The summed E-state index contributed by atoms with van der Waals surface area (Å²) in [5.41, 5.74) is 6.11. The van der Waals surface area contributed by atoms with E-state index in [4.69, 9.17) is 10.1 Å². The molecule has 3 aromatic heterocycles. The number of nitrogens with one attached hydrogen (secondary N) is 1. The highest BCUT2D eigenvalue weighted by Gasteiger charge is 2.18. The van der Waals surface area contributed by atoms with Gasteiger partial charge in [-0.15, -0.1) is 0 Å². The highest BCUT2D eigenvalue weighted by atomic mass is 15.3. The molecule has 1 N–H and O–H groups in total. The molecule has 0 aliphatic carbocycles. The van der Waals surface area contributed by atoms with Crippen molar-refractivity contribution in [1.82, 2.24) is 19.6 Å². The van der Waals surface area contributed by atoms with Crippen LogP contribution in [0, 0.1) is 20.8 Å². The van der Waals surface area contributed by atoms with Gasteiger partial charge >= 0.3 is 0 Å². The minimum Gasteiger partial charge on any atom is -0.370 e. The van der Waals surface area contributed by atoms with Crippen molar-refractivity contribution >= 4 is 17.3 Å². The fourth-order valence-electron chi connectivity index (χ4n) is 2.99. The standard InChI is InChI=1S/C19H26N6/c1-7-8-20-17-10-13(3)22-19-18(14(4)23-25(17)19)15-11-21-16(24(5)6)9-12(15)2/h9-11,20H,7-8H2,1-6H3. The van der Waals surface area contributed by atoms with E-state index in [1.54, 1.807) is 0 Å². The molecule has 3 rings (SSSR count). The number of hydrogen-bond donors (Lipinski definition) is 1. The number of nitrogens with zero attached hydrogens (tertiary/aromatic N) is 5. The normalized spacial score (nSPS) is 11.1. The van der Waals surface area contributed by atoms with Crippen molar-refractivity contribution in [2.75, 3.05) is 30.9 Å². The lowest BCUT2D eigenvalue weighted by Crippen LogP contribution is -2.10. The Balaban J connectivity index is 2.20. The summed E-state index contributed by atoms with van der Waals surface area (Å²) in [4.78, 5) is 11.4. The summed E-state index contributed by atoms with van der Waals surface area (Å²) in [6, 6.07) is 4.14. The molecule has 3 aromatic rings. The van der Waals surface area contributed by atoms with E-state index in [0.29, 0.717) is 0 Å². The van der Waals surface area contributed by atoms with E-state index < -0.39 is 0 Å². The Morgan fingerprint density at radius 2 is 1.92 bits per heavy atom. The Kier molecular flexibility index (Phi) is 4.61. The molecular weight excluding hydrogens is 312 g/mol. The first-order valence-corrected chi connectivity index (χ1v) is 8.67. The van der Waals surface area contributed by atoms with Gasteiger partial charge in [-0.25, -0.2) is 9.97 Å². The van der Waals surface area contributed by atoms with Crippen LogP contribution in [0.5, 0.6) is 0 Å². The van der Waals surface area contributed by atoms with E-state index in [2.05, 4.69) is 30.2 Å². The van der Waals surface area contributed by atoms with Crippen molar-refractivity contribution in [3.63, 3.8) is 0 Å². The molecule has 3 heterocycles. The van der Waals surface area contributed by atoms with Crippen LogP contribution in [0.2, 0.25) is 0 Å². The van der Waals surface area contributed by atoms with Gasteiger partial charge in [0.1, 0.15) is 11.6 Å². The van der Waals surface area contributed by atoms with Crippen LogP contribution in [0.1, 0.15) is 30.3 Å². The molecule has 25 heavy (non-hydrogen) atoms. The molecule has 0 fully saturated rings. The minimum absolute atomic E-state index is 0.874. The van der Waals surface area contributed by atoms with Crippen LogP contribution in [0.4, 0.5) is 11.6 Å². The van der Waals surface area contributed by atoms with Gasteiger partial charge in [0, 0.05) is 44.2 Å². The van der Waals surface area contributed by atoms with Gasteiger partial charge in [0.15, 0.2) is 5.65 Å². The molecule has 6 heteroatoms. The lowest BCUT2D eigenvalue weighted by atomic mass is 10.0. The molecule has 0 amide bonds. The van der Waals surface area contributed by atoms with Crippen molar-refractivity contribution < 1.29 is 0 Å². The van der Waals surface area contributed by atoms with Gasteiger partial charge < -0.3 is 10.2 Å². The maximum absolute atomic E-state index is 4.76. The van der Waals surface area contributed by atoms with Gasteiger partial charge in [0.2, 0.25) is 0 Å². The number of aromatic nitrogens is 4. The van der Waals surface area contributed by atoms with Crippen molar-refractivity contribution in [1.29, 1.82) is 0 Å². The molecule has 0 aromatic carbocycles. The zero-order valence-corrected chi connectivity index (χ0v) is 15.9. The van der Waals surface area contributed by atoms with Crippen LogP contribution < -0.4 is 10.2 Å². The average molecular weight is 338 g/mol. The molecular formula is C19H26N6. The van der Waals surface area contributed by atoms with Crippen LogP contribution >= 0.6 is 0 Å². The Labute approximate surface area is 148 Å². The Bertz CT molecular complexity index is 910. The first-order chi connectivity index (χ1) is 11.9. The van der Waals surface area contributed by atoms with E-state index in [-0.39, 0.29) is 0 Å². The summed E-state index contributed by atoms with van der Waals surface area (Å²) in [5, 5.41) is 8.18. The largest absolute Gasteiger partial charge is 0.370 e. The summed E-state index contributed by atoms with van der Waals surface area (Å²) < 4.78 is 1.91. The molecule has 0 saturated carbocycles. The summed E-state index contributed by atoms with van der Waals surface area (Å²) >= 11 is 0. The number of aryl methyl sites for hydroxylation is 3. The quantitative estimate of drug-likeness (QED) is 0.770. The zero-order valence-electron chi connectivity index (χ0n) is 15.9. The van der Waals surface area contributed by atoms with E-state index in [1.165, 1.54) is 5.56 Å². The molecule has 0 aliphatic heterocycles. The Hall–Kier alpha value is -2.63. The van der Waals surface area contributed by atoms with Crippen LogP contribution in [0.25, 0.3) is 16.8 Å². The third-order valence-corrected chi connectivity index (χ3v) is 4.27. The smallest absolute Gasteiger partial charge is 0.165 e. The number of hydrogen-bond acceptors (Lipinski definition) is 5. The number of rotatable bonds is 5. The molecule has 6 nitrogen and oxygen atoms in total. The third kappa shape index (κ3) is 3.16. The summed E-state index contributed by atoms with van der Waals surface area (Å²) in [7, 11) is 4.00. The Morgan fingerprint density at radius 1 is 1.16 bits per heavy atom. The molecule has 0 bridgehead atoms. The van der Waals surface area contributed by atoms with Gasteiger partial charge in [-0.1, -0.05) is 6.92 Å². The van der Waals surface area contributed by atoms with Crippen molar-refractivity contribution in [2.24, 2.45) is 0 Å². The van der Waals surface area contributed by atoms with Crippen LogP contribution in [-0.4, -0.2) is 40.2 Å². The maximum atomic E-state index is 4.76. The van der Waals surface area contributed by atoms with E-state index in [1.807, 2.05) is 49.6 Å². The number of anilines is 2. The predicted octanol–water partition coefficient (Wildman–Crippen LogP) is 3.60. The van der Waals surface area contributed by atoms with Crippen molar-refractivity contribution in [3.8, 4) is 11.1 Å². The first-order valence-electron chi connectivity index (χ1n) is 8.67. The number of pyridine rings is 1. The molecule has 0 spiro atoms. The predicted molar refractivity (Wildman–Crippen MR) is 104 cm³/mol. The van der Waals surface area contributed by atoms with Crippen LogP contribution in [-0.2, 0) is 0 Å². The van der Waals surface area contributed by atoms with Crippen LogP contribution in [0.3, 0.4) is 0 Å².